The fourth-order valence-electron chi connectivity index (χ4n) is 4.01. The highest BCUT2D eigenvalue weighted by Crippen LogP contribution is 2.48. The molecule has 8 nitrogen and oxygen atoms in total. The predicted molar refractivity (Wildman–Crippen MR) is 124 cm³/mol. The van der Waals surface area contributed by atoms with Crippen LogP contribution >= 0.6 is 11.8 Å². The van der Waals surface area contributed by atoms with E-state index in [0.717, 1.165) is 36.5 Å². The SMILES string of the molecule is O=C(CC(F)(F)F)Nc1ccc(Sc2nc(NC3=NNCC3)cc(N3CC(F)(C4CC4)C3)n2)cc1. The Morgan fingerprint density at radius 1 is 1.20 bits per heavy atom. The molecule has 1 saturated carbocycles. The lowest BCUT2D eigenvalue weighted by Crippen LogP contribution is -2.60. The molecule has 0 bridgehead atoms. The van der Waals surface area contributed by atoms with Crippen LogP contribution in [0.4, 0.5) is 34.9 Å². The average molecular weight is 510 g/mol. The topological polar surface area (TPSA) is 94.5 Å². The van der Waals surface area contributed by atoms with E-state index in [0.29, 0.717) is 29.9 Å². The summed E-state index contributed by atoms with van der Waals surface area (Å²) in [5, 5.41) is 10.0. The summed E-state index contributed by atoms with van der Waals surface area (Å²) in [6.07, 6.45) is -3.52. The summed E-state index contributed by atoms with van der Waals surface area (Å²) in [4.78, 5) is 23.3. The minimum atomic E-state index is -4.56. The number of aromatic nitrogens is 2. The number of benzene rings is 1. The van der Waals surface area contributed by atoms with E-state index in [9.17, 15) is 22.4 Å². The molecule has 3 N–H and O–H groups in total. The number of carbonyl (C=O) groups is 1. The number of hydrogen-bond donors (Lipinski definition) is 3. The number of alkyl halides is 4. The largest absolute Gasteiger partial charge is 0.397 e. The summed E-state index contributed by atoms with van der Waals surface area (Å²) in [6, 6.07) is 8.12. The zero-order valence-corrected chi connectivity index (χ0v) is 19.3. The molecule has 2 aromatic rings. The number of hydrazone groups is 1. The lowest BCUT2D eigenvalue weighted by atomic mass is 9.91. The van der Waals surface area contributed by atoms with Crippen molar-refractivity contribution in [1.82, 2.24) is 15.4 Å². The van der Waals surface area contributed by atoms with E-state index in [4.69, 9.17) is 0 Å². The Balaban J connectivity index is 1.29. The van der Waals surface area contributed by atoms with Gasteiger partial charge >= 0.3 is 6.18 Å². The highest BCUT2D eigenvalue weighted by molar-refractivity contribution is 7.99. The quantitative estimate of drug-likeness (QED) is 0.381. The highest BCUT2D eigenvalue weighted by Gasteiger charge is 2.54. The maximum atomic E-state index is 14.9. The van der Waals surface area contributed by atoms with Crippen LogP contribution in [0.15, 0.2) is 45.5 Å². The van der Waals surface area contributed by atoms with Gasteiger partial charge in [0.25, 0.3) is 0 Å². The molecule has 1 aromatic heterocycles. The maximum Gasteiger partial charge on any atom is 0.397 e. The van der Waals surface area contributed by atoms with Crippen LogP contribution in [-0.4, -0.2) is 53.2 Å². The van der Waals surface area contributed by atoms with Crippen LogP contribution in [0.1, 0.15) is 25.7 Å². The van der Waals surface area contributed by atoms with Crippen LogP contribution in [-0.2, 0) is 4.79 Å². The van der Waals surface area contributed by atoms with Crippen LogP contribution in [0.5, 0.6) is 0 Å². The van der Waals surface area contributed by atoms with Crippen molar-refractivity contribution >= 4 is 40.8 Å². The molecule has 13 heteroatoms. The number of amidine groups is 1. The molecule has 1 amide bonds. The standard InChI is InChI=1S/C22H23F4N7OS/c23-21(13-1-2-13)11-33(12-21)18-9-17(29-16-7-8-27-32-16)30-20(31-18)35-15-5-3-14(4-6-15)28-19(34)10-22(24,25)26/h3-6,9,13,27H,1-2,7-8,10-12H2,(H,28,34)(H,29,30,31,32). The van der Waals surface area contributed by atoms with Gasteiger partial charge in [-0.15, -0.1) is 0 Å². The van der Waals surface area contributed by atoms with Crippen LogP contribution in [0, 0.1) is 5.92 Å². The molecular formula is C22H23F4N7OS. The van der Waals surface area contributed by atoms with E-state index >= 15 is 0 Å². The molecule has 3 aliphatic rings. The normalized spacial score (nSPS) is 19.0. The highest BCUT2D eigenvalue weighted by atomic mass is 32.2. The first-order chi connectivity index (χ1) is 16.6. The average Bonchev–Trinajstić information content (AvgIpc) is 3.49. The first-order valence-electron chi connectivity index (χ1n) is 11.2. The van der Waals surface area contributed by atoms with E-state index in [1.165, 1.54) is 23.9 Å². The van der Waals surface area contributed by atoms with Gasteiger partial charge in [0.1, 0.15) is 29.6 Å². The van der Waals surface area contributed by atoms with Gasteiger partial charge in [0, 0.05) is 29.6 Å². The molecule has 0 spiro atoms. The smallest absolute Gasteiger partial charge is 0.350 e. The molecule has 1 aliphatic carbocycles. The number of rotatable bonds is 7. The van der Waals surface area contributed by atoms with Crippen molar-refractivity contribution in [2.24, 2.45) is 11.0 Å². The third-order valence-electron chi connectivity index (χ3n) is 5.90. The summed E-state index contributed by atoms with van der Waals surface area (Å²) in [6.45, 7) is 1.33. The van der Waals surface area contributed by atoms with Crippen LogP contribution < -0.4 is 21.0 Å². The number of nitrogens with zero attached hydrogens (tertiary/aromatic N) is 4. The molecule has 35 heavy (non-hydrogen) atoms. The van der Waals surface area contributed by atoms with Gasteiger partial charge in [0.05, 0.1) is 13.1 Å². The summed E-state index contributed by atoms with van der Waals surface area (Å²) < 4.78 is 52.0. The lowest BCUT2D eigenvalue weighted by molar-refractivity contribution is -0.150. The predicted octanol–water partition coefficient (Wildman–Crippen LogP) is 4.18. The Morgan fingerprint density at radius 2 is 1.94 bits per heavy atom. The van der Waals surface area contributed by atoms with Crippen molar-refractivity contribution in [3.63, 3.8) is 0 Å². The molecule has 5 rings (SSSR count). The van der Waals surface area contributed by atoms with Crippen molar-refractivity contribution in [2.75, 3.05) is 35.2 Å². The zero-order chi connectivity index (χ0) is 24.6. The number of halogens is 4. The van der Waals surface area contributed by atoms with Crippen LogP contribution in [0.2, 0.25) is 0 Å². The number of nitrogens with one attached hydrogen (secondary N) is 3. The Labute approximate surface area is 203 Å². The summed E-state index contributed by atoms with van der Waals surface area (Å²) in [5.74, 6) is 0.908. The molecular weight excluding hydrogens is 486 g/mol. The molecule has 1 aromatic carbocycles. The second-order valence-corrected chi connectivity index (χ2v) is 9.91. The summed E-state index contributed by atoms with van der Waals surface area (Å²) in [7, 11) is 0. The zero-order valence-electron chi connectivity index (χ0n) is 18.5. The van der Waals surface area contributed by atoms with Gasteiger partial charge in [0.2, 0.25) is 5.91 Å². The van der Waals surface area contributed by atoms with E-state index in [1.807, 2.05) is 4.90 Å². The fraction of sp³-hybridized carbons (Fsp3) is 0.455. The number of anilines is 3. The summed E-state index contributed by atoms with van der Waals surface area (Å²) in [5.41, 5.74) is 1.99. The van der Waals surface area contributed by atoms with Crippen molar-refractivity contribution in [2.45, 2.75) is 47.6 Å². The van der Waals surface area contributed by atoms with Gasteiger partial charge in [-0.3, -0.25) is 4.79 Å². The molecule has 3 heterocycles. The summed E-state index contributed by atoms with van der Waals surface area (Å²) >= 11 is 1.25. The van der Waals surface area contributed by atoms with Gasteiger partial charge in [-0.2, -0.15) is 18.3 Å². The second kappa shape index (κ2) is 9.17. The Morgan fingerprint density at radius 3 is 2.57 bits per heavy atom. The van der Waals surface area contributed by atoms with Crippen LogP contribution in [0.3, 0.4) is 0 Å². The van der Waals surface area contributed by atoms with E-state index in [1.54, 1.807) is 18.2 Å². The van der Waals surface area contributed by atoms with Gasteiger partial charge in [-0.1, -0.05) is 0 Å². The van der Waals surface area contributed by atoms with Gasteiger partial charge in [-0.25, -0.2) is 14.4 Å². The molecule has 0 radical (unpaired) electrons. The third-order valence-corrected chi connectivity index (χ3v) is 6.77. The third kappa shape index (κ3) is 5.95. The van der Waals surface area contributed by atoms with Crippen molar-refractivity contribution in [3.05, 3.63) is 30.3 Å². The van der Waals surface area contributed by atoms with E-state index < -0.39 is 24.2 Å². The van der Waals surface area contributed by atoms with Crippen molar-refractivity contribution in [3.8, 4) is 0 Å². The van der Waals surface area contributed by atoms with E-state index in [2.05, 4.69) is 31.1 Å². The van der Waals surface area contributed by atoms with Gasteiger partial charge in [-0.05, 0) is 54.8 Å². The number of carbonyl (C=O) groups excluding carboxylic acids is 1. The first kappa shape index (κ1) is 23.6. The molecule has 2 aliphatic heterocycles. The maximum absolute atomic E-state index is 14.9. The lowest BCUT2D eigenvalue weighted by Gasteiger charge is -2.45. The molecule has 2 fully saturated rings. The Hall–Kier alpha value is -3.09. The number of amides is 1. The van der Waals surface area contributed by atoms with Crippen molar-refractivity contribution in [1.29, 1.82) is 0 Å². The molecule has 0 unspecified atom stereocenters. The van der Waals surface area contributed by atoms with Crippen LogP contribution in [0.25, 0.3) is 0 Å². The second-order valence-electron chi connectivity index (χ2n) is 8.87. The first-order valence-corrected chi connectivity index (χ1v) is 12.0. The van der Waals surface area contributed by atoms with Gasteiger partial charge in [0.15, 0.2) is 5.16 Å². The Kier molecular flexibility index (Phi) is 6.20. The Bertz CT molecular complexity index is 1130. The molecule has 0 atom stereocenters. The fourth-order valence-corrected chi connectivity index (χ4v) is 4.78. The minimum absolute atomic E-state index is 0.140. The van der Waals surface area contributed by atoms with Gasteiger partial charge < -0.3 is 21.0 Å². The van der Waals surface area contributed by atoms with E-state index in [-0.39, 0.29) is 11.6 Å². The number of hydrogen-bond acceptors (Lipinski definition) is 8. The molecule has 186 valence electrons. The van der Waals surface area contributed by atoms with Crippen molar-refractivity contribution < 1.29 is 22.4 Å². The monoisotopic (exact) mass is 509 g/mol. The molecule has 1 saturated heterocycles. The minimum Gasteiger partial charge on any atom is -0.350 e.